The van der Waals surface area contributed by atoms with Crippen molar-refractivity contribution in [3.63, 3.8) is 0 Å². The molecule has 1 N–H and O–H groups in total. The van der Waals surface area contributed by atoms with Crippen molar-refractivity contribution in [2.24, 2.45) is 0 Å². The van der Waals surface area contributed by atoms with Crippen LogP contribution in [0, 0.1) is 12.3 Å². The van der Waals surface area contributed by atoms with Crippen LogP contribution in [0.4, 0.5) is 0 Å². The molecule has 1 aliphatic rings. The molecule has 0 saturated carbocycles. The zero-order valence-electron chi connectivity index (χ0n) is 8.88. The normalized spacial score (nSPS) is 35.3. The Bertz CT molecular complexity index is 224. The van der Waals surface area contributed by atoms with Crippen LogP contribution in [0.25, 0.3) is 0 Å². The summed E-state index contributed by atoms with van der Waals surface area (Å²) in [5.41, 5.74) is 0. The number of hydrogen-bond donors (Lipinski definition) is 1. The van der Waals surface area contributed by atoms with Crippen LogP contribution in [0.3, 0.4) is 0 Å². The highest BCUT2D eigenvalue weighted by atomic mass is 16.7. The molecule has 0 aliphatic carbocycles. The van der Waals surface area contributed by atoms with Crippen LogP contribution >= 0.6 is 0 Å². The predicted molar refractivity (Wildman–Crippen MR) is 52.1 cm³/mol. The molecule has 1 fully saturated rings. The summed E-state index contributed by atoms with van der Waals surface area (Å²) >= 11 is 0. The van der Waals surface area contributed by atoms with Crippen LogP contribution in [0.1, 0.15) is 0 Å². The fourth-order valence-electron chi connectivity index (χ4n) is 1.61. The molecule has 0 aromatic heterocycles. The Labute approximate surface area is 89.3 Å². The highest BCUT2D eigenvalue weighted by Gasteiger charge is 2.44. The summed E-state index contributed by atoms with van der Waals surface area (Å²) in [6.45, 7) is 0.490. The lowest BCUT2D eigenvalue weighted by molar-refractivity contribution is -0.142. The number of terminal acetylenes is 1. The highest BCUT2D eigenvalue weighted by Crippen LogP contribution is 2.24. The molecule has 86 valence electrons. The molecule has 0 amide bonds. The molecule has 0 aromatic rings. The quantitative estimate of drug-likeness (QED) is 0.490. The first kappa shape index (κ1) is 12.4. The van der Waals surface area contributed by atoms with Gasteiger partial charge in [-0.15, -0.1) is 6.42 Å². The van der Waals surface area contributed by atoms with Crippen LogP contribution in [-0.2, 0) is 18.9 Å². The van der Waals surface area contributed by atoms with Gasteiger partial charge in [0.15, 0.2) is 6.29 Å². The fourth-order valence-corrected chi connectivity index (χ4v) is 1.61. The van der Waals surface area contributed by atoms with E-state index in [9.17, 15) is 5.11 Å². The molecule has 1 heterocycles. The summed E-state index contributed by atoms with van der Waals surface area (Å²) < 4.78 is 20.6. The van der Waals surface area contributed by atoms with Crippen LogP contribution in [-0.4, -0.2) is 57.1 Å². The van der Waals surface area contributed by atoms with E-state index in [0.717, 1.165) is 0 Å². The predicted octanol–water partition coefficient (Wildman–Crippen LogP) is -0.617. The van der Waals surface area contributed by atoms with Gasteiger partial charge in [-0.25, -0.2) is 0 Å². The van der Waals surface area contributed by atoms with Gasteiger partial charge < -0.3 is 24.1 Å². The standard InChI is InChI=1S/C10H16O5/c1-4-5-14-6-7-8(12-2)9(13-3)10(11)15-7/h1,7-11H,5-6H2,2-3H3/t7?,8-,9-,10-/m1/s1. The average molecular weight is 216 g/mol. The minimum atomic E-state index is -0.987. The zero-order valence-corrected chi connectivity index (χ0v) is 8.88. The molecule has 5 heteroatoms. The third kappa shape index (κ3) is 2.91. The van der Waals surface area contributed by atoms with Gasteiger partial charge in [0.2, 0.25) is 0 Å². The summed E-state index contributed by atoms with van der Waals surface area (Å²) in [4.78, 5) is 0. The lowest BCUT2D eigenvalue weighted by atomic mass is 10.1. The molecule has 1 unspecified atom stereocenters. The van der Waals surface area contributed by atoms with Crippen molar-refractivity contribution in [1.82, 2.24) is 0 Å². The molecule has 1 rings (SSSR count). The van der Waals surface area contributed by atoms with Crippen molar-refractivity contribution in [3.05, 3.63) is 0 Å². The van der Waals surface area contributed by atoms with E-state index >= 15 is 0 Å². The van der Waals surface area contributed by atoms with Crippen molar-refractivity contribution in [2.75, 3.05) is 27.4 Å². The first-order valence-electron chi connectivity index (χ1n) is 4.65. The van der Waals surface area contributed by atoms with E-state index < -0.39 is 12.4 Å². The largest absolute Gasteiger partial charge is 0.376 e. The van der Waals surface area contributed by atoms with Gasteiger partial charge in [-0.3, -0.25) is 0 Å². The first-order valence-corrected chi connectivity index (χ1v) is 4.65. The van der Waals surface area contributed by atoms with Gasteiger partial charge in [-0.2, -0.15) is 0 Å². The van der Waals surface area contributed by atoms with E-state index in [2.05, 4.69) is 5.92 Å². The molecule has 1 aliphatic heterocycles. The molecule has 0 radical (unpaired) electrons. The summed E-state index contributed by atoms with van der Waals surface area (Å²) in [6, 6.07) is 0. The van der Waals surface area contributed by atoms with Crippen molar-refractivity contribution >= 4 is 0 Å². The summed E-state index contributed by atoms with van der Waals surface area (Å²) in [5, 5.41) is 9.49. The molecule has 5 nitrogen and oxygen atoms in total. The molecular weight excluding hydrogens is 200 g/mol. The van der Waals surface area contributed by atoms with Gasteiger partial charge in [0.05, 0.1) is 6.61 Å². The van der Waals surface area contributed by atoms with E-state index in [4.69, 9.17) is 25.4 Å². The van der Waals surface area contributed by atoms with Crippen molar-refractivity contribution in [2.45, 2.75) is 24.6 Å². The van der Waals surface area contributed by atoms with Crippen LogP contribution in [0.2, 0.25) is 0 Å². The maximum absolute atomic E-state index is 9.49. The zero-order chi connectivity index (χ0) is 11.3. The molecule has 4 atom stereocenters. The number of methoxy groups -OCH3 is 2. The Kier molecular flexibility index (Phi) is 5.02. The third-order valence-corrected chi connectivity index (χ3v) is 2.30. The average Bonchev–Trinajstić information content (AvgIpc) is 2.54. The summed E-state index contributed by atoms with van der Waals surface area (Å²) in [6.07, 6.45) is 2.86. The van der Waals surface area contributed by atoms with Crippen LogP contribution in [0.5, 0.6) is 0 Å². The Balaban J connectivity index is 2.47. The second kappa shape index (κ2) is 6.05. The second-order valence-corrected chi connectivity index (χ2v) is 3.18. The van der Waals surface area contributed by atoms with Gasteiger partial charge >= 0.3 is 0 Å². The van der Waals surface area contributed by atoms with Gasteiger partial charge in [0.1, 0.15) is 24.9 Å². The minimum absolute atomic E-state index is 0.212. The van der Waals surface area contributed by atoms with Crippen molar-refractivity contribution < 1.29 is 24.1 Å². The van der Waals surface area contributed by atoms with E-state index in [1.165, 1.54) is 14.2 Å². The van der Waals surface area contributed by atoms with Gasteiger partial charge in [-0.05, 0) is 0 Å². The molecule has 0 aromatic carbocycles. The third-order valence-electron chi connectivity index (χ3n) is 2.30. The summed E-state index contributed by atoms with van der Waals surface area (Å²) in [7, 11) is 3.03. The number of aliphatic hydroxyl groups excluding tert-OH is 1. The topological polar surface area (TPSA) is 57.2 Å². The number of ether oxygens (including phenoxy) is 4. The van der Waals surface area contributed by atoms with E-state index in [-0.39, 0.29) is 25.4 Å². The van der Waals surface area contributed by atoms with Crippen molar-refractivity contribution in [3.8, 4) is 12.3 Å². The highest BCUT2D eigenvalue weighted by molar-refractivity contribution is 4.89. The van der Waals surface area contributed by atoms with E-state index in [1.54, 1.807) is 0 Å². The van der Waals surface area contributed by atoms with Crippen molar-refractivity contribution in [1.29, 1.82) is 0 Å². The number of aliphatic hydroxyl groups is 1. The van der Waals surface area contributed by atoms with E-state index in [1.807, 2.05) is 0 Å². The monoisotopic (exact) mass is 216 g/mol. The van der Waals surface area contributed by atoms with Gasteiger partial charge in [-0.1, -0.05) is 5.92 Å². The van der Waals surface area contributed by atoms with Gasteiger partial charge in [0.25, 0.3) is 0 Å². The fraction of sp³-hybridized carbons (Fsp3) is 0.800. The second-order valence-electron chi connectivity index (χ2n) is 3.18. The van der Waals surface area contributed by atoms with Gasteiger partial charge in [0, 0.05) is 14.2 Å². The lowest BCUT2D eigenvalue weighted by Crippen LogP contribution is -2.37. The Morgan fingerprint density at radius 1 is 1.33 bits per heavy atom. The van der Waals surface area contributed by atoms with Crippen LogP contribution in [0.15, 0.2) is 0 Å². The Hall–Kier alpha value is -0.640. The molecule has 1 saturated heterocycles. The minimum Gasteiger partial charge on any atom is -0.376 e. The maximum Gasteiger partial charge on any atom is 0.184 e. The molecule has 0 bridgehead atoms. The molecule has 15 heavy (non-hydrogen) atoms. The number of hydrogen-bond acceptors (Lipinski definition) is 5. The first-order chi connectivity index (χ1) is 7.24. The molecule has 0 spiro atoms. The summed E-state index contributed by atoms with van der Waals surface area (Å²) in [5.74, 6) is 2.35. The number of rotatable bonds is 5. The SMILES string of the molecule is C#CCOCC1O[C@@H](O)[C@H](OC)[C@@H]1OC. The molecular formula is C10H16O5. The Morgan fingerprint density at radius 2 is 2.00 bits per heavy atom. The Morgan fingerprint density at radius 3 is 2.53 bits per heavy atom. The van der Waals surface area contributed by atoms with Crippen LogP contribution < -0.4 is 0 Å². The maximum atomic E-state index is 9.49. The lowest BCUT2D eigenvalue weighted by Gasteiger charge is -2.19. The van der Waals surface area contributed by atoms with E-state index in [0.29, 0.717) is 0 Å². The smallest absolute Gasteiger partial charge is 0.184 e.